The Morgan fingerprint density at radius 3 is 2.33 bits per heavy atom. The van der Waals surface area contributed by atoms with Crippen molar-refractivity contribution in [3.63, 3.8) is 0 Å². The van der Waals surface area contributed by atoms with E-state index in [1.165, 1.54) is 0 Å². The zero-order valence-electron chi connectivity index (χ0n) is 14.3. The van der Waals surface area contributed by atoms with E-state index in [2.05, 4.69) is 15.0 Å². The smallest absolute Gasteiger partial charge is 0.336 e. The average Bonchev–Trinajstić information content (AvgIpc) is 2.72. The Labute approximate surface area is 155 Å². The summed E-state index contributed by atoms with van der Waals surface area (Å²) in [5.74, 6) is -0.316. The minimum atomic E-state index is -0.973. The van der Waals surface area contributed by atoms with Gasteiger partial charge in [-0.25, -0.2) is 19.7 Å². The second-order valence-electron chi connectivity index (χ2n) is 5.96. The van der Waals surface area contributed by atoms with Gasteiger partial charge in [-0.05, 0) is 24.3 Å². The van der Waals surface area contributed by atoms with E-state index >= 15 is 0 Å². The first-order valence-corrected chi connectivity index (χ1v) is 8.39. The molecular weight excluding hydrogens is 338 g/mol. The molecule has 5 nitrogen and oxygen atoms in total. The average molecular weight is 353 g/mol. The molecule has 2 aromatic carbocycles. The highest BCUT2D eigenvalue weighted by atomic mass is 16.4. The van der Waals surface area contributed by atoms with Gasteiger partial charge in [0.05, 0.1) is 16.8 Å². The zero-order chi connectivity index (χ0) is 18.6. The molecule has 4 rings (SSSR count). The summed E-state index contributed by atoms with van der Waals surface area (Å²) < 4.78 is 0. The quantitative estimate of drug-likeness (QED) is 0.582. The van der Waals surface area contributed by atoms with Crippen molar-refractivity contribution in [2.45, 2.75) is 0 Å². The lowest BCUT2D eigenvalue weighted by Crippen LogP contribution is -2.00. The lowest BCUT2D eigenvalue weighted by atomic mass is 10.1. The molecule has 0 fully saturated rings. The fourth-order valence-electron chi connectivity index (χ4n) is 2.80. The zero-order valence-corrected chi connectivity index (χ0v) is 14.3. The summed E-state index contributed by atoms with van der Waals surface area (Å²) in [6.45, 7) is 0. The van der Waals surface area contributed by atoms with Crippen molar-refractivity contribution in [1.29, 1.82) is 0 Å². The summed E-state index contributed by atoms with van der Waals surface area (Å²) in [6.07, 6.45) is 7.03. The number of rotatable bonds is 4. The van der Waals surface area contributed by atoms with Crippen molar-refractivity contribution >= 4 is 29.0 Å². The monoisotopic (exact) mass is 353 g/mol. The first-order valence-electron chi connectivity index (χ1n) is 8.39. The van der Waals surface area contributed by atoms with Gasteiger partial charge in [-0.15, -0.1) is 0 Å². The third-order valence-corrected chi connectivity index (χ3v) is 4.12. The van der Waals surface area contributed by atoms with Gasteiger partial charge in [-0.2, -0.15) is 0 Å². The Balaban J connectivity index is 1.64. The summed E-state index contributed by atoms with van der Waals surface area (Å²) in [6, 6.07) is 18.5. The number of benzene rings is 2. The molecule has 0 amide bonds. The Kier molecular flexibility index (Phi) is 4.41. The van der Waals surface area contributed by atoms with Gasteiger partial charge in [-0.3, -0.25) is 0 Å². The molecule has 0 spiro atoms. The number of para-hydroxylation sites is 1. The molecule has 1 N–H and O–H groups in total. The van der Waals surface area contributed by atoms with E-state index in [1.807, 2.05) is 42.5 Å². The van der Waals surface area contributed by atoms with Gasteiger partial charge < -0.3 is 5.11 Å². The van der Waals surface area contributed by atoms with E-state index in [-0.39, 0.29) is 5.56 Å². The molecule has 0 aliphatic heterocycles. The molecular formula is C22H15N3O2. The molecule has 27 heavy (non-hydrogen) atoms. The standard InChI is InChI=1S/C22H15N3O2/c26-22(27)19-12-17(25-20-9-5-4-8-18(19)20)11-10-15-13-23-21(24-14-15)16-6-2-1-3-7-16/h1-14H,(H,26,27)/b11-10-. The molecule has 0 aliphatic rings. The predicted molar refractivity (Wildman–Crippen MR) is 105 cm³/mol. The van der Waals surface area contributed by atoms with Crippen LogP contribution in [0.2, 0.25) is 0 Å². The molecule has 0 saturated carbocycles. The highest BCUT2D eigenvalue weighted by molar-refractivity contribution is 6.03. The van der Waals surface area contributed by atoms with E-state index in [1.54, 1.807) is 42.7 Å². The van der Waals surface area contributed by atoms with Gasteiger partial charge in [0, 0.05) is 28.9 Å². The second kappa shape index (κ2) is 7.17. The Hall–Kier alpha value is -3.86. The maximum absolute atomic E-state index is 11.5. The second-order valence-corrected chi connectivity index (χ2v) is 5.96. The predicted octanol–water partition coefficient (Wildman–Crippen LogP) is 4.56. The minimum Gasteiger partial charge on any atom is -0.478 e. The molecule has 2 aromatic heterocycles. The van der Waals surface area contributed by atoms with Crippen LogP contribution in [0.1, 0.15) is 21.6 Å². The van der Waals surface area contributed by atoms with Crippen molar-refractivity contribution < 1.29 is 9.90 Å². The first kappa shape index (κ1) is 16.6. The fraction of sp³-hybridized carbons (Fsp3) is 0. The lowest BCUT2D eigenvalue weighted by Gasteiger charge is -2.04. The van der Waals surface area contributed by atoms with Crippen LogP contribution in [-0.2, 0) is 0 Å². The topological polar surface area (TPSA) is 76.0 Å². The van der Waals surface area contributed by atoms with Gasteiger partial charge in [0.25, 0.3) is 0 Å². The Morgan fingerprint density at radius 2 is 1.59 bits per heavy atom. The number of hydrogen-bond donors (Lipinski definition) is 1. The number of aromatic carboxylic acids is 1. The SMILES string of the molecule is O=C(O)c1cc(/C=C\c2cnc(-c3ccccc3)nc2)nc2ccccc12. The maximum atomic E-state index is 11.5. The van der Waals surface area contributed by atoms with E-state index in [0.29, 0.717) is 22.4 Å². The van der Waals surface area contributed by atoms with Crippen LogP contribution in [0.25, 0.3) is 34.4 Å². The van der Waals surface area contributed by atoms with E-state index in [4.69, 9.17) is 0 Å². The van der Waals surface area contributed by atoms with Crippen molar-refractivity contribution in [2.75, 3.05) is 0 Å². The highest BCUT2D eigenvalue weighted by Crippen LogP contribution is 2.20. The van der Waals surface area contributed by atoms with Crippen molar-refractivity contribution in [1.82, 2.24) is 15.0 Å². The number of hydrogen-bond acceptors (Lipinski definition) is 4. The van der Waals surface area contributed by atoms with Gasteiger partial charge in [0.2, 0.25) is 0 Å². The van der Waals surface area contributed by atoms with Crippen LogP contribution < -0.4 is 0 Å². The highest BCUT2D eigenvalue weighted by Gasteiger charge is 2.10. The van der Waals surface area contributed by atoms with E-state index in [0.717, 1.165) is 11.1 Å². The molecule has 0 saturated heterocycles. The summed E-state index contributed by atoms with van der Waals surface area (Å²) in [4.78, 5) is 24.8. The number of nitrogens with zero attached hydrogens (tertiary/aromatic N) is 3. The summed E-state index contributed by atoms with van der Waals surface area (Å²) in [7, 11) is 0. The van der Waals surface area contributed by atoms with Crippen LogP contribution in [0.4, 0.5) is 0 Å². The fourth-order valence-corrected chi connectivity index (χ4v) is 2.80. The lowest BCUT2D eigenvalue weighted by molar-refractivity contribution is 0.0699. The number of pyridine rings is 1. The molecule has 0 aliphatic carbocycles. The summed E-state index contributed by atoms with van der Waals surface area (Å²) >= 11 is 0. The maximum Gasteiger partial charge on any atom is 0.336 e. The molecule has 2 heterocycles. The van der Waals surface area contributed by atoms with E-state index < -0.39 is 5.97 Å². The van der Waals surface area contributed by atoms with Gasteiger partial charge in [-0.1, -0.05) is 48.5 Å². The van der Waals surface area contributed by atoms with Crippen LogP contribution in [-0.4, -0.2) is 26.0 Å². The number of carboxylic acid groups (broad SMARTS) is 1. The number of carbonyl (C=O) groups is 1. The Bertz CT molecular complexity index is 1140. The minimum absolute atomic E-state index is 0.232. The van der Waals surface area contributed by atoms with Crippen LogP contribution in [0.15, 0.2) is 73.1 Å². The third-order valence-electron chi connectivity index (χ3n) is 4.12. The van der Waals surface area contributed by atoms with Crippen LogP contribution in [0, 0.1) is 0 Å². The largest absolute Gasteiger partial charge is 0.478 e. The van der Waals surface area contributed by atoms with E-state index in [9.17, 15) is 9.90 Å². The first-order chi connectivity index (χ1) is 13.2. The normalized spacial score (nSPS) is 11.1. The molecule has 0 unspecified atom stereocenters. The number of aromatic nitrogens is 3. The molecule has 5 heteroatoms. The number of carboxylic acids is 1. The van der Waals surface area contributed by atoms with Crippen molar-refractivity contribution in [3.8, 4) is 11.4 Å². The molecule has 4 aromatic rings. The Morgan fingerprint density at radius 1 is 0.889 bits per heavy atom. The van der Waals surface area contributed by atoms with Crippen LogP contribution in [0.3, 0.4) is 0 Å². The van der Waals surface area contributed by atoms with Crippen molar-refractivity contribution in [2.24, 2.45) is 0 Å². The van der Waals surface area contributed by atoms with Gasteiger partial charge >= 0.3 is 5.97 Å². The summed E-state index contributed by atoms with van der Waals surface area (Å²) in [5.41, 5.74) is 3.21. The van der Waals surface area contributed by atoms with Crippen LogP contribution in [0.5, 0.6) is 0 Å². The summed E-state index contributed by atoms with van der Waals surface area (Å²) in [5, 5.41) is 10.1. The molecule has 0 radical (unpaired) electrons. The van der Waals surface area contributed by atoms with Crippen LogP contribution >= 0.6 is 0 Å². The van der Waals surface area contributed by atoms with Gasteiger partial charge in [0.1, 0.15) is 0 Å². The molecule has 0 atom stereocenters. The third kappa shape index (κ3) is 3.57. The van der Waals surface area contributed by atoms with Gasteiger partial charge in [0.15, 0.2) is 5.82 Å². The number of fused-ring (bicyclic) bond motifs is 1. The molecule has 0 bridgehead atoms. The van der Waals surface area contributed by atoms with Crippen molar-refractivity contribution in [3.05, 3.63) is 89.9 Å². The molecule has 130 valence electrons.